The number of nitrogens with one attached hydrogen (secondary N) is 1. The molecule has 0 atom stereocenters. The van der Waals surface area contributed by atoms with Crippen molar-refractivity contribution in [1.82, 2.24) is 4.90 Å². The fourth-order valence-electron chi connectivity index (χ4n) is 1.72. The Morgan fingerprint density at radius 1 is 1.37 bits per heavy atom. The molecule has 6 heteroatoms. The molecule has 0 saturated carbocycles. The van der Waals surface area contributed by atoms with E-state index in [1.807, 2.05) is 20.0 Å². The summed E-state index contributed by atoms with van der Waals surface area (Å²) in [5.74, 6) is 0. The molecule has 0 saturated heterocycles. The molecule has 1 aromatic rings. The first kappa shape index (κ1) is 15.4. The highest BCUT2D eigenvalue weighted by molar-refractivity contribution is 5.53. The number of anilines is 1. The highest BCUT2D eigenvalue weighted by Gasteiger charge is 2.07. The molecule has 0 unspecified atom stereocenters. The first-order valence-electron chi connectivity index (χ1n) is 6.20. The summed E-state index contributed by atoms with van der Waals surface area (Å²) in [6.07, 6.45) is 0. The average molecular weight is 267 g/mol. The Kier molecular flexibility index (Phi) is 6.24. The Hall–Kier alpha value is -1.66. The fraction of sp³-hybridized carbons (Fsp3) is 0.538. The Morgan fingerprint density at radius 3 is 2.74 bits per heavy atom. The van der Waals surface area contributed by atoms with E-state index in [1.165, 1.54) is 0 Å². The first-order chi connectivity index (χ1) is 9.02. The number of rotatable bonds is 8. The largest absolute Gasteiger partial charge is 0.384 e. The predicted octanol–water partition coefficient (Wildman–Crippen LogP) is 1.89. The van der Waals surface area contributed by atoms with Crippen LogP contribution in [0.4, 0.5) is 11.4 Å². The minimum atomic E-state index is -0.372. The lowest BCUT2D eigenvalue weighted by Gasteiger charge is -2.16. The van der Waals surface area contributed by atoms with Crippen molar-refractivity contribution in [2.75, 3.05) is 45.7 Å². The lowest BCUT2D eigenvalue weighted by atomic mass is 10.2. The molecule has 1 N–H and O–H groups in total. The molecular weight excluding hydrogens is 246 g/mol. The summed E-state index contributed by atoms with van der Waals surface area (Å²) in [4.78, 5) is 12.5. The standard InChI is InChI=1S/C13H21N3O3/c1-11-8-12(10-13(9-11)16(17)18)14-4-5-15(2)6-7-19-3/h8-10,14H,4-7H2,1-3H3. The van der Waals surface area contributed by atoms with E-state index in [0.717, 1.165) is 30.9 Å². The molecule has 106 valence electrons. The van der Waals surface area contributed by atoms with Crippen molar-refractivity contribution in [2.24, 2.45) is 0 Å². The maximum atomic E-state index is 10.8. The number of aryl methyl sites for hydroxylation is 1. The van der Waals surface area contributed by atoms with Crippen molar-refractivity contribution in [2.45, 2.75) is 6.92 Å². The Labute approximate surface area is 113 Å². The van der Waals surface area contributed by atoms with Crippen LogP contribution in [0.5, 0.6) is 0 Å². The van der Waals surface area contributed by atoms with E-state index >= 15 is 0 Å². The zero-order valence-electron chi connectivity index (χ0n) is 11.7. The van der Waals surface area contributed by atoms with Crippen LogP contribution in [-0.4, -0.2) is 50.2 Å². The lowest BCUT2D eigenvalue weighted by Crippen LogP contribution is -2.28. The van der Waals surface area contributed by atoms with Crippen LogP contribution in [0.3, 0.4) is 0 Å². The van der Waals surface area contributed by atoms with Crippen LogP contribution in [0, 0.1) is 17.0 Å². The van der Waals surface area contributed by atoms with Crippen LogP contribution in [0.2, 0.25) is 0 Å². The second-order valence-electron chi connectivity index (χ2n) is 4.54. The Bertz CT molecular complexity index is 424. The van der Waals surface area contributed by atoms with Crippen molar-refractivity contribution >= 4 is 11.4 Å². The van der Waals surface area contributed by atoms with Crippen LogP contribution in [0.15, 0.2) is 18.2 Å². The van der Waals surface area contributed by atoms with Crippen LogP contribution < -0.4 is 5.32 Å². The third-order valence-electron chi connectivity index (χ3n) is 2.77. The lowest BCUT2D eigenvalue weighted by molar-refractivity contribution is -0.384. The van der Waals surface area contributed by atoms with E-state index < -0.39 is 0 Å². The molecule has 0 heterocycles. The summed E-state index contributed by atoms with van der Waals surface area (Å²) < 4.78 is 5.00. The summed E-state index contributed by atoms with van der Waals surface area (Å²) in [7, 11) is 3.69. The molecule has 19 heavy (non-hydrogen) atoms. The van der Waals surface area contributed by atoms with Gasteiger partial charge in [-0.25, -0.2) is 0 Å². The first-order valence-corrected chi connectivity index (χ1v) is 6.20. The number of nitrogens with zero attached hydrogens (tertiary/aromatic N) is 2. The van der Waals surface area contributed by atoms with Crippen LogP contribution in [-0.2, 0) is 4.74 Å². The number of ether oxygens (including phenoxy) is 1. The van der Waals surface area contributed by atoms with E-state index in [-0.39, 0.29) is 10.6 Å². The van der Waals surface area contributed by atoms with Gasteiger partial charge in [-0.1, -0.05) is 0 Å². The van der Waals surface area contributed by atoms with E-state index in [2.05, 4.69) is 10.2 Å². The fourth-order valence-corrected chi connectivity index (χ4v) is 1.72. The third kappa shape index (κ3) is 5.67. The number of nitro benzene ring substituents is 1. The monoisotopic (exact) mass is 267 g/mol. The van der Waals surface area contributed by atoms with Gasteiger partial charge in [0.05, 0.1) is 11.5 Å². The van der Waals surface area contributed by atoms with Crippen molar-refractivity contribution in [3.63, 3.8) is 0 Å². The quantitative estimate of drug-likeness (QED) is 0.575. The average Bonchev–Trinajstić information content (AvgIpc) is 2.35. The molecule has 1 rings (SSSR count). The molecule has 0 aromatic heterocycles. The number of likely N-dealkylation sites (N-methyl/N-ethyl adjacent to an activating group) is 1. The normalized spacial score (nSPS) is 10.7. The zero-order valence-corrected chi connectivity index (χ0v) is 11.7. The number of nitro groups is 1. The molecule has 0 bridgehead atoms. The van der Waals surface area contributed by atoms with Gasteiger partial charge in [0.1, 0.15) is 0 Å². The summed E-state index contributed by atoms with van der Waals surface area (Å²) in [5, 5.41) is 14.0. The molecule has 0 aliphatic carbocycles. The Balaban J connectivity index is 2.47. The molecule has 0 radical (unpaired) electrons. The molecule has 0 aliphatic rings. The minimum Gasteiger partial charge on any atom is -0.384 e. The second kappa shape index (κ2) is 7.70. The zero-order chi connectivity index (χ0) is 14.3. The van der Waals surface area contributed by atoms with Crippen molar-refractivity contribution < 1.29 is 9.66 Å². The molecule has 0 aliphatic heterocycles. The number of hydrogen-bond donors (Lipinski definition) is 1. The number of non-ortho nitro benzene ring substituents is 1. The van der Waals surface area contributed by atoms with Gasteiger partial charge in [0.25, 0.3) is 5.69 Å². The van der Waals surface area contributed by atoms with E-state index in [0.29, 0.717) is 6.61 Å². The van der Waals surface area contributed by atoms with Gasteiger partial charge in [0.15, 0.2) is 0 Å². The van der Waals surface area contributed by atoms with Gasteiger partial charge >= 0.3 is 0 Å². The van der Waals surface area contributed by atoms with Gasteiger partial charge in [-0.05, 0) is 25.6 Å². The molecule has 0 amide bonds. The SMILES string of the molecule is COCCN(C)CCNc1cc(C)cc([N+](=O)[O-])c1. The molecule has 1 aromatic carbocycles. The van der Waals surface area contributed by atoms with Crippen LogP contribution >= 0.6 is 0 Å². The molecular formula is C13H21N3O3. The third-order valence-corrected chi connectivity index (χ3v) is 2.77. The van der Waals surface area contributed by atoms with E-state index in [4.69, 9.17) is 4.74 Å². The molecule has 0 spiro atoms. The molecule has 6 nitrogen and oxygen atoms in total. The van der Waals surface area contributed by atoms with Gasteiger partial charge < -0.3 is 15.0 Å². The van der Waals surface area contributed by atoms with Crippen molar-refractivity contribution in [3.8, 4) is 0 Å². The number of methoxy groups -OCH3 is 1. The maximum absolute atomic E-state index is 10.8. The minimum absolute atomic E-state index is 0.121. The summed E-state index contributed by atoms with van der Waals surface area (Å²) >= 11 is 0. The topological polar surface area (TPSA) is 67.6 Å². The van der Waals surface area contributed by atoms with Crippen LogP contribution in [0.25, 0.3) is 0 Å². The number of benzene rings is 1. The number of hydrogen-bond acceptors (Lipinski definition) is 5. The maximum Gasteiger partial charge on any atom is 0.271 e. The Morgan fingerprint density at radius 2 is 2.11 bits per heavy atom. The predicted molar refractivity (Wildman–Crippen MR) is 75.7 cm³/mol. The second-order valence-corrected chi connectivity index (χ2v) is 4.54. The summed E-state index contributed by atoms with van der Waals surface area (Å²) in [5.41, 5.74) is 1.78. The van der Waals surface area contributed by atoms with Gasteiger partial charge in [0, 0.05) is 44.6 Å². The van der Waals surface area contributed by atoms with Gasteiger partial charge in [-0.2, -0.15) is 0 Å². The molecule has 0 fully saturated rings. The van der Waals surface area contributed by atoms with Crippen molar-refractivity contribution in [3.05, 3.63) is 33.9 Å². The van der Waals surface area contributed by atoms with Gasteiger partial charge in [-0.3, -0.25) is 10.1 Å². The highest BCUT2D eigenvalue weighted by atomic mass is 16.6. The van der Waals surface area contributed by atoms with Crippen LogP contribution in [0.1, 0.15) is 5.56 Å². The van der Waals surface area contributed by atoms with Gasteiger partial charge in [-0.15, -0.1) is 0 Å². The highest BCUT2D eigenvalue weighted by Crippen LogP contribution is 2.20. The summed E-state index contributed by atoms with van der Waals surface area (Å²) in [6.45, 7) is 5.01. The van der Waals surface area contributed by atoms with Crippen molar-refractivity contribution in [1.29, 1.82) is 0 Å². The van der Waals surface area contributed by atoms with E-state index in [1.54, 1.807) is 19.2 Å². The van der Waals surface area contributed by atoms with E-state index in [9.17, 15) is 10.1 Å². The van der Waals surface area contributed by atoms with Gasteiger partial charge in [0.2, 0.25) is 0 Å². The smallest absolute Gasteiger partial charge is 0.271 e. The summed E-state index contributed by atoms with van der Waals surface area (Å²) in [6, 6.07) is 5.03.